The first kappa shape index (κ1) is 13.6. The molecule has 0 aliphatic heterocycles. The Morgan fingerprint density at radius 3 is 1.95 bits per heavy atom. The topological polar surface area (TPSA) is 13.1 Å². The zero-order chi connectivity index (χ0) is 15.0. The van der Waals surface area contributed by atoms with Gasteiger partial charge < -0.3 is 4.42 Å². The van der Waals surface area contributed by atoms with Gasteiger partial charge in [-0.25, -0.2) is 4.39 Å². The molecule has 106 valence electrons. The summed E-state index contributed by atoms with van der Waals surface area (Å²) in [4.78, 5) is 0. The lowest BCUT2D eigenvalue weighted by molar-refractivity contribution is 0.595. The molecule has 0 aliphatic carbocycles. The summed E-state index contributed by atoms with van der Waals surface area (Å²) in [7, 11) is 0. The SMILES string of the molecule is Cc1cc(C)c(-c2ccc(-c3ccc(F)cc3)o2)c(C)c1. The molecule has 0 spiro atoms. The van der Waals surface area contributed by atoms with Crippen molar-refractivity contribution in [1.29, 1.82) is 0 Å². The summed E-state index contributed by atoms with van der Waals surface area (Å²) in [5, 5.41) is 0. The van der Waals surface area contributed by atoms with E-state index in [1.54, 1.807) is 12.1 Å². The van der Waals surface area contributed by atoms with Crippen LogP contribution in [-0.4, -0.2) is 0 Å². The molecule has 1 nitrogen and oxygen atoms in total. The Bertz CT molecular complexity index is 759. The number of rotatable bonds is 2. The van der Waals surface area contributed by atoms with E-state index in [9.17, 15) is 4.39 Å². The van der Waals surface area contributed by atoms with Crippen molar-refractivity contribution in [3.05, 3.63) is 71.0 Å². The molecule has 0 bridgehead atoms. The first-order valence-electron chi connectivity index (χ1n) is 6.98. The van der Waals surface area contributed by atoms with Crippen molar-refractivity contribution in [3.8, 4) is 22.6 Å². The van der Waals surface area contributed by atoms with Gasteiger partial charge >= 0.3 is 0 Å². The van der Waals surface area contributed by atoms with E-state index in [1.807, 2.05) is 12.1 Å². The second-order valence-electron chi connectivity index (χ2n) is 5.44. The second-order valence-corrected chi connectivity index (χ2v) is 5.44. The number of hydrogen-bond acceptors (Lipinski definition) is 1. The molecule has 0 aliphatic rings. The molecule has 3 rings (SSSR count). The van der Waals surface area contributed by atoms with Gasteiger partial charge in [0, 0.05) is 11.1 Å². The minimum atomic E-state index is -0.240. The van der Waals surface area contributed by atoms with E-state index in [1.165, 1.54) is 28.8 Å². The van der Waals surface area contributed by atoms with Crippen molar-refractivity contribution >= 4 is 0 Å². The molecule has 1 aromatic heterocycles. The molecule has 0 N–H and O–H groups in total. The highest BCUT2D eigenvalue weighted by Crippen LogP contribution is 2.33. The van der Waals surface area contributed by atoms with E-state index in [2.05, 4.69) is 32.9 Å². The quantitative estimate of drug-likeness (QED) is 0.588. The zero-order valence-corrected chi connectivity index (χ0v) is 12.4. The summed E-state index contributed by atoms with van der Waals surface area (Å²) in [6, 6.07) is 14.6. The fourth-order valence-electron chi connectivity index (χ4n) is 2.81. The van der Waals surface area contributed by atoms with E-state index in [4.69, 9.17) is 4.42 Å². The standard InChI is InChI=1S/C19H17FO/c1-12-10-13(2)19(14(3)11-12)18-9-8-17(21-18)15-4-6-16(20)7-5-15/h4-11H,1-3H3. The van der Waals surface area contributed by atoms with Crippen LogP contribution in [0.5, 0.6) is 0 Å². The van der Waals surface area contributed by atoms with Crippen molar-refractivity contribution in [2.75, 3.05) is 0 Å². The lowest BCUT2D eigenvalue weighted by Gasteiger charge is -2.08. The Morgan fingerprint density at radius 2 is 1.33 bits per heavy atom. The lowest BCUT2D eigenvalue weighted by atomic mass is 9.98. The Hall–Kier alpha value is -2.35. The van der Waals surface area contributed by atoms with Gasteiger partial charge in [-0.3, -0.25) is 0 Å². The van der Waals surface area contributed by atoms with Crippen LogP contribution in [0, 0.1) is 26.6 Å². The maximum atomic E-state index is 13.0. The van der Waals surface area contributed by atoms with Gasteiger partial charge in [0.25, 0.3) is 0 Å². The Morgan fingerprint density at radius 1 is 0.762 bits per heavy atom. The average molecular weight is 280 g/mol. The van der Waals surface area contributed by atoms with Crippen molar-refractivity contribution in [2.45, 2.75) is 20.8 Å². The molecule has 0 saturated heterocycles. The Labute approximate surface area is 124 Å². The van der Waals surface area contributed by atoms with Gasteiger partial charge in [-0.2, -0.15) is 0 Å². The maximum Gasteiger partial charge on any atom is 0.135 e. The molecule has 2 heteroatoms. The van der Waals surface area contributed by atoms with E-state index in [-0.39, 0.29) is 5.82 Å². The molecule has 0 atom stereocenters. The molecule has 0 amide bonds. The maximum absolute atomic E-state index is 13.0. The molecule has 0 saturated carbocycles. The van der Waals surface area contributed by atoms with Crippen molar-refractivity contribution < 1.29 is 8.81 Å². The Balaban J connectivity index is 2.05. The highest BCUT2D eigenvalue weighted by molar-refractivity contribution is 5.70. The van der Waals surface area contributed by atoms with Crippen molar-refractivity contribution in [1.82, 2.24) is 0 Å². The number of benzene rings is 2. The normalized spacial score (nSPS) is 10.9. The fraction of sp³-hybridized carbons (Fsp3) is 0.158. The monoisotopic (exact) mass is 280 g/mol. The van der Waals surface area contributed by atoms with Gasteiger partial charge in [0.2, 0.25) is 0 Å². The zero-order valence-electron chi connectivity index (χ0n) is 12.4. The highest BCUT2D eigenvalue weighted by atomic mass is 19.1. The molecule has 0 unspecified atom stereocenters. The van der Waals surface area contributed by atoms with E-state index in [0.717, 1.165) is 22.6 Å². The predicted molar refractivity (Wildman–Crippen MR) is 83.7 cm³/mol. The minimum absolute atomic E-state index is 0.240. The van der Waals surface area contributed by atoms with Gasteiger partial charge in [-0.1, -0.05) is 17.7 Å². The molecule has 0 radical (unpaired) electrons. The van der Waals surface area contributed by atoms with Crippen LogP contribution in [0.1, 0.15) is 16.7 Å². The summed E-state index contributed by atoms with van der Waals surface area (Å²) < 4.78 is 19.0. The highest BCUT2D eigenvalue weighted by Gasteiger charge is 2.12. The summed E-state index contributed by atoms with van der Waals surface area (Å²) >= 11 is 0. The lowest BCUT2D eigenvalue weighted by Crippen LogP contribution is -1.88. The number of halogens is 1. The second kappa shape index (κ2) is 5.21. The molecular weight excluding hydrogens is 263 g/mol. The van der Waals surface area contributed by atoms with Crippen LogP contribution in [0.2, 0.25) is 0 Å². The van der Waals surface area contributed by atoms with Crippen LogP contribution < -0.4 is 0 Å². The fourth-order valence-corrected chi connectivity index (χ4v) is 2.81. The van der Waals surface area contributed by atoms with E-state index < -0.39 is 0 Å². The number of hydrogen-bond donors (Lipinski definition) is 0. The van der Waals surface area contributed by atoms with Crippen LogP contribution in [0.15, 0.2) is 52.9 Å². The smallest absolute Gasteiger partial charge is 0.135 e. The average Bonchev–Trinajstić information content (AvgIpc) is 2.87. The van der Waals surface area contributed by atoms with E-state index >= 15 is 0 Å². The first-order valence-corrected chi connectivity index (χ1v) is 6.98. The summed E-state index contributed by atoms with van der Waals surface area (Å²) in [6.07, 6.45) is 0. The molecule has 1 heterocycles. The summed E-state index contributed by atoms with van der Waals surface area (Å²) in [6.45, 7) is 6.28. The van der Waals surface area contributed by atoms with Gasteiger partial charge in [0.15, 0.2) is 0 Å². The number of furan rings is 1. The van der Waals surface area contributed by atoms with Gasteiger partial charge in [0.05, 0.1) is 0 Å². The van der Waals surface area contributed by atoms with Crippen LogP contribution in [0.25, 0.3) is 22.6 Å². The third kappa shape index (κ3) is 2.62. The third-order valence-electron chi connectivity index (χ3n) is 3.66. The van der Waals surface area contributed by atoms with Gasteiger partial charge in [-0.05, 0) is 68.3 Å². The van der Waals surface area contributed by atoms with Crippen molar-refractivity contribution in [2.24, 2.45) is 0 Å². The molecule has 0 fully saturated rings. The van der Waals surface area contributed by atoms with Crippen LogP contribution in [-0.2, 0) is 0 Å². The summed E-state index contributed by atoms with van der Waals surface area (Å²) in [5.41, 5.74) is 5.66. The molecular formula is C19H17FO. The van der Waals surface area contributed by atoms with Crippen LogP contribution in [0.3, 0.4) is 0 Å². The van der Waals surface area contributed by atoms with Crippen LogP contribution in [0.4, 0.5) is 4.39 Å². The summed E-state index contributed by atoms with van der Waals surface area (Å²) in [5.74, 6) is 1.37. The molecule has 3 aromatic rings. The third-order valence-corrected chi connectivity index (χ3v) is 3.66. The minimum Gasteiger partial charge on any atom is -0.456 e. The van der Waals surface area contributed by atoms with Crippen molar-refractivity contribution in [3.63, 3.8) is 0 Å². The number of aryl methyl sites for hydroxylation is 3. The molecule has 2 aromatic carbocycles. The van der Waals surface area contributed by atoms with Gasteiger partial charge in [-0.15, -0.1) is 0 Å². The Kier molecular flexibility index (Phi) is 3.38. The van der Waals surface area contributed by atoms with E-state index in [0.29, 0.717) is 0 Å². The van der Waals surface area contributed by atoms with Gasteiger partial charge in [0.1, 0.15) is 17.3 Å². The van der Waals surface area contributed by atoms with Crippen LogP contribution >= 0.6 is 0 Å². The molecule has 21 heavy (non-hydrogen) atoms. The largest absolute Gasteiger partial charge is 0.456 e. The first-order chi connectivity index (χ1) is 10.0. The predicted octanol–water partition coefficient (Wildman–Crippen LogP) is 5.68.